The molecule has 0 radical (unpaired) electrons. The van der Waals surface area contributed by atoms with Crippen LogP contribution in [0.3, 0.4) is 0 Å². The van der Waals surface area contributed by atoms with Crippen LogP contribution < -0.4 is 10.5 Å². The second-order valence-electron chi connectivity index (χ2n) is 7.03. The summed E-state index contributed by atoms with van der Waals surface area (Å²) in [6, 6.07) is 27.6. The molecule has 0 spiro atoms. The van der Waals surface area contributed by atoms with Crippen molar-refractivity contribution >= 4 is 16.0 Å². The van der Waals surface area contributed by atoms with Crippen molar-refractivity contribution in [2.75, 3.05) is 0 Å². The van der Waals surface area contributed by atoms with Gasteiger partial charge < -0.3 is 14.9 Å². The number of rotatable bonds is 6. The number of aryl methyl sites for hydroxylation is 1. The number of ether oxygens (including phenoxy) is 1. The van der Waals surface area contributed by atoms with E-state index in [2.05, 4.69) is 0 Å². The van der Waals surface area contributed by atoms with Crippen molar-refractivity contribution in [3.8, 4) is 16.9 Å². The highest BCUT2D eigenvalue weighted by atomic mass is 32.2. The fourth-order valence-electron chi connectivity index (χ4n) is 2.90. The Labute approximate surface area is 192 Å². The number of primary amides is 1. The molecule has 0 atom stereocenters. The second kappa shape index (κ2) is 10.6. The van der Waals surface area contributed by atoms with E-state index in [1.165, 1.54) is 6.07 Å². The summed E-state index contributed by atoms with van der Waals surface area (Å²) in [6.45, 7) is 1.77. The first-order valence-corrected chi connectivity index (χ1v) is 11.4. The van der Waals surface area contributed by atoms with Crippen LogP contribution in [0.5, 0.6) is 5.75 Å². The maximum atomic E-state index is 11.1. The summed E-state index contributed by atoms with van der Waals surface area (Å²) in [6.07, 6.45) is 0. The number of benzene rings is 3. The lowest BCUT2D eigenvalue weighted by Gasteiger charge is -2.07. The predicted octanol–water partition coefficient (Wildman–Crippen LogP) is 4.87. The highest BCUT2D eigenvalue weighted by Crippen LogP contribution is 2.24. The molecule has 1 amide bonds. The van der Waals surface area contributed by atoms with Gasteiger partial charge >= 0.3 is 10.1 Å². The van der Waals surface area contributed by atoms with Crippen LogP contribution in [0.2, 0.25) is 0 Å². The Hall–Kier alpha value is -3.88. The summed E-state index contributed by atoms with van der Waals surface area (Å²) >= 11 is 0. The van der Waals surface area contributed by atoms with E-state index in [-0.39, 0.29) is 12.5 Å². The topological polar surface area (TPSA) is 120 Å². The Morgan fingerprint density at radius 3 is 1.94 bits per heavy atom. The molecule has 8 heteroatoms. The fourth-order valence-corrected chi connectivity index (χ4v) is 3.42. The molecule has 7 nitrogen and oxygen atoms in total. The van der Waals surface area contributed by atoms with E-state index in [0.717, 1.165) is 11.1 Å². The normalized spacial score (nSPS) is 10.7. The standard InChI is InChI=1S/C18H16O5S.C7H7NO/c1-13-16(11-18(23-13)24(19,20)21)12-22-17-9-7-15(8-10-17)14-5-3-2-4-6-14;8-7(9)6-4-2-1-3-5-6/h2-11H,12H2,1H3,(H,19,20,21);1-5H,(H2,8,9). The van der Waals surface area contributed by atoms with Gasteiger partial charge in [0.1, 0.15) is 18.1 Å². The zero-order valence-corrected chi connectivity index (χ0v) is 18.7. The zero-order valence-electron chi connectivity index (χ0n) is 17.8. The van der Waals surface area contributed by atoms with Crippen LogP contribution in [0.1, 0.15) is 21.7 Å². The molecule has 4 rings (SSSR count). The quantitative estimate of drug-likeness (QED) is 0.392. The van der Waals surface area contributed by atoms with Crippen molar-refractivity contribution in [3.63, 3.8) is 0 Å². The van der Waals surface area contributed by atoms with Gasteiger partial charge in [-0.3, -0.25) is 9.35 Å². The van der Waals surface area contributed by atoms with E-state index in [0.29, 0.717) is 22.6 Å². The Morgan fingerprint density at radius 1 is 0.909 bits per heavy atom. The van der Waals surface area contributed by atoms with Crippen molar-refractivity contribution < 1.29 is 26.9 Å². The van der Waals surface area contributed by atoms with Crippen molar-refractivity contribution in [2.45, 2.75) is 18.6 Å². The van der Waals surface area contributed by atoms with Crippen LogP contribution in [0.15, 0.2) is 101 Å². The third kappa shape index (κ3) is 6.80. The highest BCUT2D eigenvalue weighted by molar-refractivity contribution is 7.85. The average molecular weight is 466 g/mol. The smallest absolute Gasteiger partial charge is 0.328 e. The first-order valence-electron chi connectivity index (χ1n) is 9.94. The Bertz CT molecular complexity index is 1300. The second-order valence-corrected chi connectivity index (χ2v) is 8.38. The molecule has 0 bridgehead atoms. The molecule has 0 fully saturated rings. The molecule has 0 aliphatic heterocycles. The molecule has 4 aromatic rings. The first-order chi connectivity index (χ1) is 15.7. The number of hydrogen-bond acceptors (Lipinski definition) is 5. The molecule has 33 heavy (non-hydrogen) atoms. The zero-order chi connectivity index (χ0) is 23.8. The van der Waals surface area contributed by atoms with Crippen LogP contribution >= 0.6 is 0 Å². The van der Waals surface area contributed by atoms with Gasteiger partial charge in [-0.2, -0.15) is 8.42 Å². The molecule has 0 saturated carbocycles. The SMILES string of the molecule is Cc1oc(S(=O)(=O)O)cc1COc1ccc(-c2ccccc2)cc1.NC(=O)c1ccccc1. The van der Waals surface area contributed by atoms with Crippen LogP contribution in [-0.2, 0) is 16.7 Å². The molecule has 1 heterocycles. The van der Waals surface area contributed by atoms with Crippen molar-refractivity contribution in [1.82, 2.24) is 0 Å². The van der Waals surface area contributed by atoms with Crippen molar-refractivity contribution in [1.29, 1.82) is 0 Å². The molecule has 3 aromatic carbocycles. The number of hydrogen-bond donors (Lipinski definition) is 2. The lowest BCUT2D eigenvalue weighted by molar-refractivity contribution is 0.1000. The van der Waals surface area contributed by atoms with Gasteiger partial charge in [-0.15, -0.1) is 0 Å². The number of nitrogens with two attached hydrogens (primary N) is 1. The fraction of sp³-hybridized carbons (Fsp3) is 0.0800. The molecule has 0 unspecified atom stereocenters. The number of carbonyl (C=O) groups excluding carboxylic acids is 1. The van der Waals surface area contributed by atoms with Crippen LogP contribution in [0.25, 0.3) is 11.1 Å². The largest absolute Gasteiger partial charge is 0.489 e. The lowest BCUT2D eigenvalue weighted by atomic mass is 10.1. The van der Waals surface area contributed by atoms with Gasteiger partial charge in [0.2, 0.25) is 11.0 Å². The van der Waals surface area contributed by atoms with E-state index < -0.39 is 15.2 Å². The van der Waals surface area contributed by atoms with Gasteiger partial charge in [-0.05, 0) is 42.3 Å². The molecular weight excluding hydrogens is 442 g/mol. The van der Waals surface area contributed by atoms with Crippen molar-refractivity contribution in [2.24, 2.45) is 5.73 Å². The van der Waals surface area contributed by atoms with E-state index in [9.17, 15) is 13.2 Å². The number of furan rings is 1. The lowest BCUT2D eigenvalue weighted by Crippen LogP contribution is -2.09. The Balaban J connectivity index is 0.000000286. The maximum Gasteiger partial charge on any atom is 0.328 e. The Morgan fingerprint density at radius 2 is 1.45 bits per heavy atom. The van der Waals surface area contributed by atoms with Crippen LogP contribution in [-0.4, -0.2) is 18.9 Å². The highest BCUT2D eigenvalue weighted by Gasteiger charge is 2.18. The number of carbonyl (C=O) groups is 1. The van der Waals surface area contributed by atoms with Gasteiger partial charge in [-0.25, -0.2) is 0 Å². The minimum atomic E-state index is -4.35. The predicted molar refractivity (Wildman–Crippen MR) is 124 cm³/mol. The summed E-state index contributed by atoms with van der Waals surface area (Å²) < 4.78 is 41.8. The molecule has 1 aromatic heterocycles. The van der Waals surface area contributed by atoms with E-state index >= 15 is 0 Å². The Kier molecular flexibility index (Phi) is 7.66. The van der Waals surface area contributed by atoms with Gasteiger partial charge in [0.15, 0.2) is 0 Å². The summed E-state index contributed by atoms with van der Waals surface area (Å²) in [5, 5.41) is -0.474. The minimum absolute atomic E-state index is 0.148. The van der Waals surface area contributed by atoms with E-state index in [1.807, 2.05) is 60.7 Å². The van der Waals surface area contributed by atoms with Gasteiger partial charge in [0.05, 0.1) is 0 Å². The van der Waals surface area contributed by atoms with Crippen LogP contribution in [0.4, 0.5) is 0 Å². The summed E-state index contributed by atoms with van der Waals surface area (Å²) in [7, 11) is -4.35. The van der Waals surface area contributed by atoms with Gasteiger partial charge in [0, 0.05) is 17.2 Å². The minimum Gasteiger partial charge on any atom is -0.489 e. The van der Waals surface area contributed by atoms with Gasteiger partial charge in [-0.1, -0.05) is 60.7 Å². The summed E-state index contributed by atoms with van der Waals surface area (Å²) in [5.41, 5.74) is 8.29. The van der Waals surface area contributed by atoms with Crippen LogP contribution in [0, 0.1) is 6.92 Å². The molecule has 0 saturated heterocycles. The average Bonchev–Trinajstić information content (AvgIpc) is 3.21. The summed E-state index contributed by atoms with van der Waals surface area (Å²) in [4.78, 5) is 10.4. The number of amides is 1. The molecule has 0 aliphatic rings. The maximum absolute atomic E-state index is 11.1. The molecule has 3 N–H and O–H groups in total. The molecule has 170 valence electrons. The van der Waals surface area contributed by atoms with E-state index in [4.69, 9.17) is 19.4 Å². The molecule has 0 aliphatic carbocycles. The molecular formula is C25H23NO6S. The first kappa shape index (κ1) is 23.8. The summed E-state index contributed by atoms with van der Waals surface area (Å²) in [5.74, 6) is 0.669. The monoisotopic (exact) mass is 465 g/mol. The van der Waals surface area contributed by atoms with Crippen molar-refractivity contribution in [3.05, 3.63) is 108 Å². The van der Waals surface area contributed by atoms with E-state index in [1.54, 1.807) is 31.2 Å². The third-order valence-corrected chi connectivity index (χ3v) is 5.38. The van der Waals surface area contributed by atoms with Gasteiger partial charge in [0.25, 0.3) is 0 Å². The third-order valence-electron chi connectivity index (χ3n) is 4.67.